The van der Waals surface area contributed by atoms with E-state index in [9.17, 15) is 0 Å². The van der Waals surface area contributed by atoms with Crippen molar-refractivity contribution in [2.75, 3.05) is 4.90 Å². The van der Waals surface area contributed by atoms with Crippen LogP contribution in [0, 0.1) is 0 Å². The van der Waals surface area contributed by atoms with Crippen molar-refractivity contribution < 1.29 is 4.42 Å². The number of furan rings is 1. The molecule has 5 heteroatoms. The van der Waals surface area contributed by atoms with Gasteiger partial charge in [-0.15, -0.1) is 11.3 Å². The van der Waals surface area contributed by atoms with E-state index in [1.165, 1.54) is 20.2 Å². The lowest BCUT2D eigenvalue weighted by Gasteiger charge is -2.26. The molecule has 0 radical (unpaired) electrons. The highest BCUT2D eigenvalue weighted by molar-refractivity contribution is 7.26. The van der Waals surface area contributed by atoms with Gasteiger partial charge in [0.05, 0.1) is 27.3 Å². The van der Waals surface area contributed by atoms with Gasteiger partial charge in [0, 0.05) is 48.7 Å². The first-order valence-corrected chi connectivity index (χ1v) is 19.2. The van der Waals surface area contributed by atoms with E-state index < -0.39 is 0 Å². The fourth-order valence-electron chi connectivity index (χ4n) is 7.84. The number of aromatic nitrogens is 2. The quantitative estimate of drug-likeness (QED) is 0.171. The molecule has 8 aromatic carbocycles. The van der Waals surface area contributed by atoms with E-state index in [2.05, 4.69) is 157 Å². The number of benzene rings is 8. The van der Waals surface area contributed by atoms with Crippen LogP contribution >= 0.6 is 11.3 Å². The molecule has 0 fully saturated rings. The van der Waals surface area contributed by atoms with Crippen LogP contribution in [-0.2, 0) is 0 Å². The highest BCUT2D eigenvalue weighted by atomic mass is 32.1. The first-order chi connectivity index (χ1) is 27.2. The third kappa shape index (κ3) is 5.36. The zero-order chi connectivity index (χ0) is 36.3. The maximum absolute atomic E-state index is 6.90. The number of para-hydroxylation sites is 1. The molecule has 55 heavy (non-hydrogen) atoms. The summed E-state index contributed by atoms with van der Waals surface area (Å²) in [5.74, 6) is 0.601. The predicted molar refractivity (Wildman–Crippen MR) is 231 cm³/mol. The molecular weight excluding hydrogens is 691 g/mol. The van der Waals surface area contributed by atoms with Crippen molar-refractivity contribution in [3.05, 3.63) is 188 Å². The summed E-state index contributed by atoms with van der Waals surface area (Å²) in [6, 6.07) is 66.0. The predicted octanol–water partition coefficient (Wildman–Crippen LogP) is 14.4. The van der Waals surface area contributed by atoms with Gasteiger partial charge in [0.25, 0.3) is 0 Å². The van der Waals surface area contributed by atoms with Crippen LogP contribution in [0.5, 0.6) is 0 Å². The molecule has 0 N–H and O–H groups in total. The van der Waals surface area contributed by atoms with Crippen LogP contribution in [-0.4, -0.2) is 9.97 Å². The topological polar surface area (TPSA) is 42.2 Å². The minimum atomic E-state index is 0.601. The van der Waals surface area contributed by atoms with E-state index in [0.717, 1.165) is 77.9 Å². The van der Waals surface area contributed by atoms with Gasteiger partial charge in [-0.25, -0.2) is 9.97 Å². The number of thiophene rings is 1. The normalized spacial score (nSPS) is 11.6. The summed E-state index contributed by atoms with van der Waals surface area (Å²) in [6.45, 7) is 0. The van der Waals surface area contributed by atoms with Crippen LogP contribution < -0.4 is 4.90 Å². The Morgan fingerprint density at radius 3 is 1.80 bits per heavy atom. The molecule has 0 atom stereocenters. The minimum Gasteiger partial charge on any atom is -0.455 e. The molecule has 0 amide bonds. The summed E-state index contributed by atoms with van der Waals surface area (Å²) in [7, 11) is 0. The summed E-state index contributed by atoms with van der Waals surface area (Å²) < 4.78 is 9.39. The number of rotatable bonds is 6. The van der Waals surface area contributed by atoms with Crippen LogP contribution in [0.25, 0.3) is 86.8 Å². The molecular formula is C50H31N3OS. The summed E-state index contributed by atoms with van der Waals surface area (Å²) in [6.07, 6.45) is 0. The maximum atomic E-state index is 6.90. The van der Waals surface area contributed by atoms with Crippen LogP contribution in [0.1, 0.15) is 0 Å². The summed E-state index contributed by atoms with van der Waals surface area (Å²) in [5.41, 5.74) is 9.30. The zero-order valence-electron chi connectivity index (χ0n) is 29.6. The lowest BCUT2D eigenvalue weighted by molar-refractivity contribution is 0.670. The van der Waals surface area contributed by atoms with Gasteiger partial charge in [0.15, 0.2) is 5.82 Å². The van der Waals surface area contributed by atoms with Gasteiger partial charge in [0.1, 0.15) is 11.2 Å². The van der Waals surface area contributed by atoms with E-state index in [1.54, 1.807) is 0 Å². The van der Waals surface area contributed by atoms with Crippen molar-refractivity contribution in [3.8, 4) is 33.9 Å². The highest BCUT2D eigenvalue weighted by Gasteiger charge is 2.24. The van der Waals surface area contributed by atoms with Gasteiger partial charge < -0.3 is 9.32 Å². The Morgan fingerprint density at radius 2 is 1.07 bits per heavy atom. The van der Waals surface area contributed by atoms with Crippen molar-refractivity contribution >= 4 is 81.3 Å². The van der Waals surface area contributed by atoms with Crippen molar-refractivity contribution in [3.63, 3.8) is 0 Å². The van der Waals surface area contributed by atoms with Crippen LogP contribution in [0.15, 0.2) is 192 Å². The molecule has 11 rings (SSSR count). The molecule has 258 valence electrons. The van der Waals surface area contributed by atoms with Gasteiger partial charge in [-0.3, -0.25) is 0 Å². The van der Waals surface area contributed by atoms with Crippen LogP contribution in [0.4, 0.5) is 17.1 Å². The Bertz CT molecular complexity index is 3150. The maximum Gasteiger partial charge on any atom is 0.164 e. The first kappa shape index (κ1) is 31.4. The van der Waals surface area contributed by atoms with Gasteiger partial charge in [-0.2, -0.15) is 0 Å². The Morgan fingerprint density at radius 1 is 0.455 bits per heavy atom. The molecule has 0 aliphatic heterocycles. The molecule has 4 nitrogen and oxygen atoms in total. The Balaban J connectivity index is 1.24. The Labute approximate surface area is 321 Å². The van der Waals surface area contributed by atoms with E-state index in [0.29, 0.717) is 5.82 Å². The van der Waals surface area contributed by atoms with Gasteiger partial charge in [-0.1, -0.05) is 133 Å². The van der Waals surface area contributed by atoms with E-state index in [4.69, 9.17) is 14.4 Å². The Hall–Kier alpha value is -7.08. The number of hydrogen-bond acceptors (Lipinski definition) is 5. The third-order valence-electron chi connectivity index (χ3n) is 10.4. The monoisotopic (exact) mass is 721 g/mol. The third-order valence-corrected chi connectivity index (χ3v) is 11.6. The van der Waals surface area contributed by atoms with Crippen molar-refractivity contribution in [2.24, 2.45) is 0 Å². The van der Waals surface area contributed by atoms with E-state index in [1.807, 2.05) is 47.7 Å². The second kappa shape index (κ2) is 12.8. The summed E-state index contributed by atoms with van der Waals surface area (Å²) in [5, 5.41) is 6.85. The smallest absolute Gasteiger partial charge is 0.164 e. The average molecular weight is 722 g/mol. The standard InChI is InChI=1S/C50H31N3OS/c1-4-15-32(16-5-1)43-31-44(33-17-6-2-7-18-33)52-50(51-43)42-30-37(29-41-40-27-34-19-10-11-20-35(34)28-46(40)54-48(41)42)53(36-21-8-3-9-22-36)45-25-14-24-39-38-23-12-13-26-47(38)55-49(39)45/h1-31H. The van der Waals surface area contributed by atoms with Gasteiger partial charge >= 0.3 is 0 Å². The molecule has 3 heterocycles. The van der Waals surface area contributed by atoms with Crippen molar-refractivity contribution in [1.29, 1.82) is 0 Å². The fraction of sp³-hybridized carbons (Fsp3) is 0. The number of fused-ring (bicyclic) bond motifs is 7. The Kier molecular flexibility index (Phi) is 7.32. The van der Waals surface area contributed by atoms with Crippen LogP contribution in [0.2, 0.25) is 0 Å². The van der Waals surface area contributed by atoms with E-state index >= 15 is 0 Å². The second-order valence-electron chi connectivity index (χ2n) is 13.8. The average Bonchev–Trinajstić information content (AvgIpc) is 3.82. The summed E-state index contributed by atoms with van der Waals surface area (Å²) >= 11 is 1.83. The minimum absolute atomic E-state index is 0.601. The molecule has 0 unspecified atom stereocenters. The molecule has 0 aliphatic rings. The van der Waals surface area contributed by atoms with Crippen molar-refractivity contribution in [2.45, 2.75) is 0 Å². The molecule has 0 bridgehead atoms. The van der Waals surface area contributed by atoms with Gasteiger partial charge in [0.2, 0.25) is 0 Å². The highest BCUT2D eigenvalue weighted by Crippen LogP contribution is 2.48. The molecule has 3 aromatic heterocycles. The number of hydrogen-bond donors (Lipinski definition) is 0. The SMILES string of the molecule is c1ccc(-c2cc(-c3ccccc3)nc(-c3cc(N(c4ccccc4)c4cccc5c4sc4ccccc45)cc4c3oc3cc5ccccc5cc34)n2)cc1. The molecule has 0 saturated heterocycles. The summed E-state index contributed by atoms with van der Waals surface area (Å²) in [4.78, 5) is 13.0. The fourth-order valence-corrected chi connectivity index (χ4v) is 9.04. The molecule has 0 spiro atoms. The van der Waals surface area contributed by atoms with Crippen LogP contribution in [0.3, 0.4) is 0 Å². The lowest BCUT2D eigenvalue weighted by Crippen LogP contribution is -2.10. The molecule has 11 aromatic rings. The lowest BCUT2D eigenvalue weighted by atomic mass is 10.0. The van der Waals surface area contributed by atoms with E-state index in [-0.39, 0.29) is 0 Å². The van der Waals surface area contributed by atoms with Gasteiger partial charge in [-0.05, 0) is 65.4 Å². The second-order valence-corrected chi connectivity index (χ2v) is 14.8. The zero-order valence-corrected chi connectivity index (χ0v) is 30.4. The number of anilines is 3. The van der Waals surface area contributed by atoms with Crippen molar-refractivity contribution in [1.82, 2.24) is 9.97 Å². The molecule has 0 saturated carbocycles. The largest absolute Gasteiger partial charge is 0.455 e. The number of nitrogens with zero attached hydrogens (tertiary/aromatic N) is 3. The first-order valence-electron chi connectivity index (χ1n) is 18.4. The molecule has 0 aliphatic carbocycles.